The molecule has 2 heterocycles. The fraction of sp³-hybridized carbons (Fsp3) is 0.105. The molecule has 2 aromatic carbocycles. The van der Waals surface area contributed by atoms with Gasteiger partial charge in [-0.25, -0.2) is 9.07 Å². The lowest BCUT2D eigenvalue weighted by molar-refractivity contribution is -0.115. The maximum atomic E-state index is 13.3. The molecule has 0 aliphatic carbocycles. The van der Waals surface area contributed by atoms with Crippen molar-refractivity contribution in [2.75, 3.05) is 5.32 Å². The fourth-order valence-electron chi connectivity index (χ4n) is 2.77. The Labute approximate surface area is 159 Å². The van der Waals surface area contributed by atoms with Gasteiger partial charge in [-0.2, -0.15) is 5.10 Å². The van der Waals surface area contributed by atoms with E-state index < -0.39 is 0 Å². The minimum Gasteiger partial charge on any atom is -0.323 e. The van der Waals surface area contributed by atoms with E-state index in [9.17, 15) is 9.18 Å². The second-order valence-corrected chi connectivity index (χ2v) is 6.20. The van der Waals surface area contributed by atoms with Crippen molar-refractivity contribution in [3.05, 3.63) is 84.2 Å². The number of carbonyl (C=O) groups is 1. The Morgan fingerprint density at radius 3 is 2.71 bits per heavy atom. The quantitative estimate of drug-likeness (QED) is 0.556. The molecule has 0 atom stereocenters. The monoisotopic (exact) mass is 377 g/mol. The zero-order chi connectivity index (χ0) is 19.3. The molecule has 1 amide bonds. The minimum atomic E-state index is -0.288. The van der Waals surface area contributed by atoms with E-state index in [1.54, 1.807) is 23.1 Å². The van der Waals surface area contributed by atoms with Crippen molar-refractivity contribution < 1.29 is 9.18 Å². The minimum absolute atomic E-state index is 0.152. The summed E-state index contributed by atoms with van der Waals surface area (Å²) in [6.07, 6.45) is 5.01. The van der Waals surface area contributed by atoms with Crippen LogP contribution in [0.15, 0.2) is 67.3 Å². The summed E-state index contributed by atoms with van der Waals surface area (Å²) < 4.78 is 16.4. The third kappa shape index (κ3) is 4.26. The third-order valence-corrected chi connectivity index (χ3v) is 4.07. The van der Waals surface area contributed by atoms with Gasteiger partial charge < -0.3 is 5.32 Å². The lowest BCUT2D eigenvalue weighted by Crippen LogP contribution is -2.14. The first kappa shape index (κ1) is 17.5. The molecule has 0 aliphatic heterocycles. The number of nitrogens with one attached hydrogen (secondary N) is 1. The maximum Gasteiger partial charge on any atom is 0.228 e. The molecule has 0 aliphatic rings. The Morgan fingerprint density at radius 2 is 1.96 bits per heavy atom. The van der Waals surface area contributed by atoms with Crippen LogP contribution in [0, 0.1) is 5.82 Å². The van der Waals surface area contributed by atoms with Crippen LogP contribution in [-0.2, 0) is 17.8 Å². The number of amides is 1. The molecular weight excluding hydrogens is 361 g/mol. The molecule has 0 bridgehead atoms. The summed E-state index contributed by atoms with van der Waals surface area (Å²) >= 11 is 0. The second kappa shape index (κ2) is 7.78. The Balaban J connectivity index is 1.34. The number of aromatic nitrogens is 6. The molecule has 2 aromatic heterocycles. The highest BCUT2D eigenvalue weighted by Crippen LogP contribution is 2.12. The number of halogens is 1. The van der Waals surface area contributed by atoms with Gasteiger partial charge in [0, 0.05) is 6.20 Å². The molecule has 0 fully saturated rings. The molecule has 1 N–H and O–H groups in total. The Morgan fingerprint density at radius 1 is 1.11 bits per heavy atom. The molecule has 140 valence electrons. The summed E-state index contributed by atoms with van der Waals surface area (Å²) in [6.45, 7) is 0.423. The van der Waals surface area contributed by atoms with Crippen LogP contribution in [-0.4, -0.2) is 35.9 Å². The molecule has 4 aromatic rings. The normalized spacial score (nSPS) is 10.8. The third-order valence-electron chi connectivity index (χ3n) is 4.07. The van der Waals surface area contributed by atoms with Gasteiger partial charge >= 0.3 is 0 Å². The smallest absolute Gasteiger partial charge is 0.228 e. The highest BCUT2D eigenvalue weighted by atomic mass is 19.1. The van der Waals surface area contributed by atoms with Crippen molar-refractivity contribution >= 4 is 11.6 Å². The summed E-state index contributed by atoms with van der Waals surface area (Å²) in [4.78, 5) is 12.3. The van der Waals surface area contributed by atoms with Crippen LogP contribution in [0.4, 0.5) is 10.1 Å². The lowest BCUT2D eigenvalue weighted by atomic mass is 10.1. The molecular formula is C19H16FN7O. The van der Waals surface area contributed by atoms with Crippen molar-refractivity contribution in [2.24, 2.45) is 0 Å². The van der Waals surface area contributed by atoms with E-state index in [0.29, 0.717) is 12.2 Å². The lowest BCUT2D eigenvalue weighted by Gasteiger charge is -2.05. The molecule has 0 spiro atoms. The van der Waals surface area contributed by atoms with Gasteiger partial charge in [0.05, 0.1) is 30.5 Å². The van der Waals surface area contributed by atoms with Gasteiger partial charge in [-0.05, 0) is 45.8 Å². The van der Waals surface area contributed by atoms with Gasteiger partial charge in [0.2, 0.25) is 5.91 Å². The van der Waals surface area contributed by atoms with E-state index >= 15 is 0 Å². The number of anilines is 1. The number of hydrogen-bond donors (Lipinski definition) is 1. The summed E-state index contributed by atoms with van der Waals surface area (Å²) in [6, 6.07) is 13.7. The van der Waals surface area contributed by atoms with Gasteiger partial charge in [0.25, 0.3) is 0 Å². The Kier molecular flexibility index (Phi) is 4.87. The molecule has 0 saturated heterocycles. The molecule has 0 saturated carbocycles. The van der Waals surface area contributed by atoms with Crippen LogP contribution in [0.2, 0.25) is 0 Å². The Bertz CT molecular complexity index is 1070. The second-order valence-electron chi connectivity index (χ2n) is 6.20. The van der Waals surface area contributed by atoms with Crippen LogP contribution in [0.1, 0.15) is 11.1 Å². The van der Waals surface area contributed by atoms with Gasteiger partial charge in [-0.3, -0.25) is 9.48 Å². The summed E-state index contributed by atoms with van der Waals surface area (Å²) in [5, 5.41) is 18.0. The molecule has 28 heavy (non-hydrogen) atoms. The number of carbonyl (C=O) groups excluding carboxylic acids is 1. The predicted molar refractivity (Wildman–Crippen MR) is 99.2 cm³/mol. The highest BCUT2D eigenvalue weighted by Gasteiger charge is 2.07. The zero-order valence-electron chi connectivity index (χ0n) is 14.7. The van der Waals surface area contributed by atoms with Gasteiger partial charge in [0.1, 0.15) is 12.1 Å². The van der Waals surface area contributed by atoms with Crippen molar-refractivity contribution in [3.63, 3.8) is 0 Å². The molecule has 0 radical (unpaired) electrons. The van der Waals surface area contributed by atoms with Crippen molar-refractivity contribution in [3.8, 4) is 5.69 Å². The summed E-state index contributed by atoms with van der Waals surface area (Å²) in [5.41, 5.74) is 3.06. The van der Waals surface area contributed by atoms with E-state index in [0.717, 1.165) is 16.8 Å². The number of benzene rings is 2. The first-order chi connectivity index (χ1) is 13.7. The van der Waals surface area contributed by atoms with Crippen LogP contribution < -0.4 is 5.32 Å². The number of hydrogen-bond acceptors (Lipinski definition) is 5. The van der Waals surface area contributed by atoms with Crippen LogP contribution in [0.25, 0.3) is 5.69 Å². The summed E-state index contributed by atoms with van der Waals surface area (Å²) in [7, 11) is 0. The van der Waals surface area contributed by atoms with E-state index in [1.807, 2.05) is 30.3 Å². The maximum absolute atomic E-state index is 13.3. The first-order valence-corrected chi connectivity index (χ1v) is 8.55. The van der Waals surface area contributed by atoms with E-state index in [2.05, 4.69) is 25.9 Å². The predicted octanol–water partition coefficient (Wildman–Crippen LogP) is 2.23. The van der Waals surface area contributed by atoms with Crippen molar-refractivity contribution in [1.29, 1.82) is 0 Å². The van der Waals surface area contributed by atoms with Gasteiger partial charge in [-0.1, -0.05) is 24.3 Å². The number of tetrazole rings is 1. The number of nitrogens with zero attached hydrogens (tertiary/aromatic N) is 6. The van der Waals surface area contributed by atoms with Gasteiger partial charge in [-0.15, -0.1) is 5.10 Å². The zero-order valence-corrected chi connectivity index (χ0v) is 14.7. The topological polar surface area (TPSA) is 90.5 Å². The molecule has 4 rings (SSSR count). The first-order valence-electron chi connectivity index (χ1n) is 8.55. The largest absolute Gasteiger partial charge is 0.323 e. The van der Waals surface area contributed by atoms with E-state index in [1.165, 1.54) is 23.1 Å². The molecule has 8 nitrogen and oxygen atoms in total. The molecule has 9 heteroatoms. The van der Waals surface area contributed by atoms with Crippen LogP contribution in [0.5, 0.6) is 0 Å². The Hall–Kier alpha value is -3.88. The van der Waals surface area contributed by atoms with Crippen LogP contribution in [0.3, 0.4) is 0 Å². The fourth-order valence-corrected chi connectivity index (χ4v) is 2.77. The van der Waals surface area contributed by atoms with E-state index in [4.69, 9.17) is 0 Å². The average Bonchev–Trinajstić information content (AvgIpc) is 3.35. The van der Waals surface area contributed by atoms with Crippen molar-refractivity contribution in [1.82, 2.24) is 30.0 Å². The standard InChI is InChI=1S/C19H16FN7O/c20-16-3-1-2-15(8-16)11-26-12-17(10-22-26)23-19(28)9-14-4-6-18(7-5-14)27-13-21-24-25-27/h1-8,10,12-13H,9,11H2,(H,23,28). The molecule has 0 unspecified atom stereocenters. The average molecular weight is 377 g/mol. The highest BCUT2D eigenvalue weighted by molar-refractivity contribution is 5.92. The number of rotatable bonds is 6. The SMILES string of the molecule is O=C(Cc1ccc(-n2cnnn2)cc1)Nc1cnn(Cc2cccc(F)c2)c1. The van der Waals surface area contributed by atoms with Gasteiger partial charge in [0.15, 0.2) is 0 Å². The van der Waals surface area contributed by atoms with E-state index in [-0.39, 0.29) is 18.1 Å². The van der Waals surface area contributed by atoms with Crippen molar-refractivity contribution in [2.45, 2.75) is 13.0 Å². The van der Waals surface area contributed by atoms with Crippen LogP contribution >= 0.6 is 0 Å². The summed E-state index contributed by atoms with van der Waals surface area (Å²) in [5.74, 6) is -0.440.